The number of hydrogen-bond acceptors (Lipinski definition) is 1. The number of nitrogens with one attached hydrogen (secondary N) is 1. The summed E-state index contributed by atoms with van der Waals surface area (Å²) < 4.78 is 2.40. The van der Waals surface area contributed by atoms with Crippen molar-refractivity contribution in [1.82, 2.24) is 9.88 Å². The van der Waals surface area contributed by atoms with Gasteiger partial charge < -0.3 is 9.88 Å². The molecule has 2 heterocycles. The minimum Gasteiger partial charge on any atom is -0.346 e. The number of benzene rings is 1. The molecule has 0 atom stereocenters. The second kappa shape index (κ2) is 4.19. The summed E-state index contributed by atoms with van der Waals surface area (Å²) in [5.74, 6) is 0. The predicted octanol–water partition coefficient (Wildman–Crippen LogP) is 2.78. The second-order valence-electron chi connectivity index (χ2n) is 4.93. The zero-order chi connectivity index (χ0) is 11.8. The van der Waals surface area contributed by atoms with Crippen LogP contribution in [0.15, 0.2) is 18.2 Å². The maximum absolute atomic E-state index is 3.52. The van der Waals surface area contributed by atoms with Crippen LogP contribution in [0.5, 0.6) is 0 Å². The lowest BCUT2D eigenvalue weighted by atomic mass is 10.0. The Morgan fingerprint density at radius 2 is 2.24 bits per heavy atom. The molecule has 0 bridgehead atoms. The van der Waals surface area contributed by atoms with Crippen molar-refractivity contribution in [3.05, 3.63) is 35.0 Å². The van der Waals surface area contributed by atoms with Crippen LogP contribution in [0.4, 0.5) is 0 Å². The topological polar surface area (TPSA) is 17.0 Å². The zero-order valence-electron chi connectivity index (χ0n) is 10.7. The Labute approximate surface area is 103 Å². The van der Waals surface area contributed by atoms with Gasteiger partial charge in [0.15, 0.2) is 0 Å². The number of para-hydroxylation sites is 1. The highest BCUT2D eigenvalue weighted by atomic mass is 15.0. The van der Waals surface area contributed by atoms with Crippen molar-refractivity contribution in [2.24, 2.45) is 7.05 Å². The first-order valence-electron chi connectivity index (χ1n) is 6.61. The summed E-state index contributed by atoms with van der Waals surface area (Å²) in [5, 5.41) is 5.00. The fourth-order valence-electron chi connectivity index (χ4n) is 3.11. The van der Waals surface area contributed by atoms with Gasteiger partial charge in [0.05, 0.1) is 5.52 Å². The third-order valence-electron chi connectivity index (χ3n) is 3.99. The van der Waals surface area contributed by atoms with Crippen LogP contribution in [0.25, 0.3) is 10.9 Å². The molecule has 0 saturated carbocycles. The molecular weight excluding hydrogens is 208 g/mol. The van der Waals surface area contributed by atoms with Crippen LogP contribution >= 0.6 is 0 Å². The minimum absolute atomic E-state index is 1.02. The molecule has 90 valence electrons. The van der Waals surface area contributed by atoms with Gasteiger partial charge in [-0.15, -0.1) is 0 Å². The first-order chi connectivity index (χ1) is 8.33. The minimum atomic E-state index is 1.02. The quantitative estimate of drug-likeness (QED) is 0.794. The normalized spacial score (nSPS) is 15.9. The molecule has 2 nitrogen and oxygen atoms in total. The molecule has 17 heavy (non-hydrogen) atoms. The average molecular weight is 228 g/mol. The maximum atomic E-state index is 3.52. The summed E-state index contributed by atoms with van der Waals surface area (Å²) in [6, 6.07) is 6.76. The van der Waals surface area contributed by atoms with Crippen molar-refractivity contribution in [2.45, 2.75) is 32.7 Å². The van der Waals surface area contributed by atoms with E-state index in [0.29, 0.717) is 0 Å². The molecule has 0 aliphatic carbocycles. The van der Waals surface area contributed by atoms with E-state index >= 15 is 0 Å². The molecule has 0 radical (unpaired) electrons. The van der Waals surface area contributed by atoms with Crippen LogP contribution in [0, 0.1) is 0 Å². The van der Waals surface area contributed by atoms with Gasteiger partial charge in [0.1, 0.15) is 0 Å². The van der Waals surface area contributed by atoms with Gasteiger partial charge >= 0.3 is 0 Å². The molecule has 1 aromatic heterocycles. The van der Waals surface area contributed by atoms with Gasteiger partial charge in [-0.25, -0.2) is 0 Å². The lowest BCUT2D eigenvalue weighted by Gasteiger charge is -2.07. The Balaban J connectivity index is 2.33. The average Bonchev–Trinajstić information content (AvgIpc) is 2.57. The highest BCUT2D eigenvalue weighted by Gasteiger charge is 2.17. The van der Waals surface area contributed by atoms with Crippen LogP contribution in [-0.4, -0.2) is 11.1 Å². The van der Waals surface area contributed by atoms with E-state index in [-0.39, 0.29) is 0 Å². The van der Waals surface area contributed by atoms with E-state index in [4.69, 9.17) is 0 Å². The van der Waals surface area contributed by atoms with E-state index in [1.54, 1.807) is 5.56 Å². The van der Waals surface area contributed by atoms with Crippen molar-refractivity contribution in [2.75, 3.05) is 6.54 Å². The van der Waals surface area contributed by atoms with E-state index < -0.39 is 0 Å². The lowest BCUT2D eigenvalue weighted by Crippen LogP contribution is -2.14. The second-order valence-corrected chi connectivity index (χ2v) is 4.93. The summed E-state index contributed by atoms with van der Waals surface area (Å²) in [5.41, 5.74) is 5.97. The monoisotopic (exact) mass is 228 g/mol. The molecule has 3 rings (SSSR count). The molecule has 0 unspecified atom stereocenters. The zero-order valence-corrected chi connectivity index (χ0v) is 10.7. The number of aryl methyl sites for hydroxylation is 3. The van der Waals surface area contributed by atoms with Crippen molar-refractivity contribution in [1.29, 1.82) is 0 Å². The fourth-order valence-corrected chi connectivity index (χ4v) is 3.11. The molecule has 0 saturated heterocycles. The van der Waals surface area contributed by atoms with Crippen LogP contribution in [0.2, 0.25) is 0 Å². The smallest absolute Gasteiger partial charge is 0.0515 e. The van der Waals surface area contributed by atoms with E-state index in [1.807, 2.05) is 0 Å². The molecule has 1 aliphatic heterocycles. The van der Waals surface area contributed by atoms with E-state index in [9.17, 15) is 0 Å². The first kappa shape index (κ1) is 10.8. The van der Waals surface area contributed by atoms with Crippen molar-refractivity contribution in [3.63, 3.8) is 0 Å². The maximum Gasteiger partial charge on any atom is 0.0515 e. The fraction of sp³-hybridized carbons (Fsp3) is 0.467. The molecule has 0 fully saturated rings. The standard InChI is InChI=1S/C15H20N2/c1-3-11-6-4-7-13-12-8-5-9-16-10-14(12)17(2)15(11)13/h4,6-7,16H,3,5,8-10H2,1-2H3. The van der Waals surface area contributed by atoms with Crippen LogP contribution in [0.1, 0.15) is 30.2 Å². The molecule has 0 amide bonds. The third kappa shape index (κ3) is 1.59. The summed E-state index contributed by atoms with van der Waals surface area (Å²) in [6.45, 7) is 4.40. The van der Waals surface area contributed by atoms with Gasteiger partial charge in [-0.05, 0) is 36.9 Å². The van der Waals surface area contributed by atoms with Gasteiger partial charge in [-0.1, -0.05) is 25.1 Å². The Morgan fingerprint density at radius 3 is 3.06 bits per heavy atom. The van der Waals surface area contributed by atoms with Crippen molar-refractivity contribution >= 4 is 10.9 Å². The van der Waals surface area contributed by atoms with Gasteiger partial charge in [-0.2, -0.15) is 0 Å². The van der Waals surface area contributed by atoms with Gasteiger partial charge in [-0.3, -0.25) is 0 Å². The summed E-state index contributed by atoms with van der Waals surface area (Å²) in [7, 11) is 2.22. The predicted molar refractivity (Wildman–Crippen MR) is 72.3 cm³/mol. The molecule has 2 aromatic rings. The molecule has 0 spiro atoms. The lowest BCUT2D eigenvalue weighted by molar-refractivity contribution is 0.660. The van der Waals surface area contributed by atoms with Gasteiger partial charge in [0.25, 0.3) is 0 Å². The van der Waals surface area contributed by atoms with Crippen molar-refractivity contribution in [3.8, 4) is 0 Å². The summed E-state index contributed by atoms with van der Waals surface area (Å²) in [4.78, 5) is 0. The van der Waals surface area contributed by atoms with E-state index in [2.05, 4.69) is 42.1 Å². The van der Waals surface area contributed by atoms with Crippen LogP contribution in [0.3, 0.4) is 0 Å². The number of nitrogens with zero attached hydrogens (tertiary/aromatic N) is 1. The third-order valence-corrected chi connectivity index (χ3v) is 3.99. The number of fused-ring (bicyclic) bond motifs is 3. The Morgan fingerprint density at radius 1 is 1.35 bits per heavy atom. The highest BCUT2D eigenvalue weighted by Crippen LogP contribution is 2.30. The van der Waals surface area contributed by atoms with E-state index in [1.165, 1.54) is 35.0 Å². The largest absolute Gasteiger partial charge is 0.346 e. The Kier molecular flexibility index (Phi) is 2.67. The molecule has 1 N–H and O–H groups in total. The number of aromatic nitrogens is 1. The molecule has 1 aliphatic rings. The summed E-state index contributed by atoms with van der Waals surface area (Å²) >= 11 is 0. The van der Waals surface area contributed by atoms with Crippen molar-refractivity contribution < 1.29 is 0 Å². The van der Waals surface area contributed by atoms with Crippen LogP contribution in [-0.2, 0) is 26.4 Å². The molecular formula is C15H20N2. The first-order valence-corrected chi connectivity index (χ1v) is 6.61. The Bertz CT molecular complexity index is 552. The van der Waals surface area contributed by atoms with Gasteiger partial charge in [0, 0.05) is 24.7 Å². The number of rotatable bonds is 1. The Hall–Kier alpha value is -1.28. The summed E-state index contributed by atoms with van der Waals surface area (Å²) in [6.07, 6.45) is 3.58. The van der Waals surface area contributed by atoms with Gasteiger partial charge in [0.2, 0.25) is 0 Å². The SMILES string of the molecule is CCc1cccc2c3c(n(C)c12)CNCCC3. The van der Waals surface area contributed by atoms with E-state index in [0.717, 1.165) is 19.5 Å². The highest BCUT2D eigenvalue weighted by molar-refractivity contribution is 5.88. The van der Waals surface area contributed by atoms with Crippen LogP contribution < -0.4 is 5.32 Å². The number of hydrogen-bond donors (Lipinski definition) is 1. The molecule has 1 aromatic carbocycles. The molecule has 2 heteroatoms.